The van der Waals surface area contributed by atoms with Crippen LogP contribution in [0.25, 0.3) is 11.5 Å². The first kappa shape index (κ1) is 19.4. The summed E-state index contributed by atoms with van der Waals surface area (Å²) in [4.78, 5) is 30.5. The number of hydrogen-bond acceptors (Lipinski definition) is 5. The topological polar surface area (TPSA) is 72.6 Å². The fraction of sp³-hybridized carbons (Fsp3) is 0.227. The van der Waals surface area contributed by atoms with E-state index >= 15 is 0 Å². The predicted octanol–water partition coefficient (Wildman–Crippen LogP) is 4.03. The normalized spacial score (nSPS) is 11.7. The van der Waals surface area contributed by atoms with E-state index in [4.69, 9.17) is 9.15 Å². The van der Waals surface area contributed by atoms with Crippen molar-refractivity contribution in [2.45, 2.75) is 19.9 Å². The van der Waals surface area contributed by atoms with Crippen molar-refractivity contribution in [3.05, 3.63) is 77.7 Å². The van der Waals surface area contributed by atoms with Gasteiger partial charge in [0.2, 0.25) is 5.89 Å². The Kier molecular flexibility index (Phi) is 5.89. The molecule has 0 saturated carbocycles. The minimum absolute atomic E-state index is 0.0745. The van der Waals surface area contributed by atoms with Gasteiger partial charge in [-0.25, -0.2) is 9.78 Å². The molecule has 0 aliphatic carbocycles. The van der Waals surface area contributed by atoms with Crippen LogP contribution in [0.4, 0.5) is 0 Å². The van der Waals surface area contributed by atoms with Crippen LogP contribution in [-0.4, -0.2) is 35.4 Å². The molecular weight excluding hydrogens is 356 g/mol. The maximum Gasteiger partial charge on any atom is 0.361 e. The van der Waals surface area contributed by atoms with E-state index in [-0.39, 0.29) is 24.2 Å². The van der Waals surface area contributed by atoms with E-state index in [1.165, 1.54) is 0 Å². The number of oxazole rings is 1. The minimum atomic E-state index is -0.683. The Labute approximate surface area is 163 Å². The van der Waals surface area contributed by atoms with E-state index in [1.54, 1.807) is 18.9 Å². The lowest BCUT2D eigenvalue weighted by atomic mass is 10.1. The van der Waals surface area contributed by atoms with Gasteiger partial charge in [0.25, 0.3) is 5.91 Å². The predicted molar refractivity (Wildman–Crippen MR) is 105 cm³/mol. The second kappa shape index (κ2) is 8.52. The Bertz CT molecular complexity index is 951. The van der Waals surface area contributed by atoms with Crippen LogP contribution in [0.2, 0.25) is 0 Å². The third kappa shape index (κ3) is 4.28. The van der Waals surface area contributed by atoms with Crippen molar-refractivity contribution in [3.63, 3.8) is 0 Å². The fourth-order valence-corrected chi connectivity index (χ4v) is 2.76. The van der Waals surface area contributed by atoms with Crippen molar-refractivity contribution in [3.8, 4) is 11.5 Å². The molecule has 0 saturated heterocycles. The van der Waals surface area contributed by atoms with Crippen LogP contribution in [0.3, 0.4) is 0 Å². The summed E-state index contributed by atoms with van der Waals surface area (Å²) in [5, 5.41) is 0. The molecule has 6 heteroatoms. The monoisotopic (exact) mass is 378 g/mol. The summed E-state index contributed by atoms with van der Waals surface area (Å²) < 4.78 is 10.7. The van der Waals surface area contributed by atoms with Gasteiger partial charge in [0.1, 0.15) is 5.76 Å². The van der Waals surface area contributed by atoms with Crippen molar-refractivity contribution in [1.82, 2.24) is 9.88 Å². The van der Waals surface area contributed by atoms with Crippen LogP contribution in [0.15, 0.2) is 65.1 Å². The number of carbonyl (C=O) groups is 2. The summed E-state index contributed by atoms with van der Waals surface area (Å²) in [7, 11) is 1.68. The second-order valence-corrected chi connectivity index (χ2v) is 6.46. The molecule has 144 valence electrons. The van der Waals surface area contributed by atoms with Gasteiger partial charge in [-0.1, -0.05) is 48.5 Å². The van der Waals surface area contributed by atoms with Crippen molar-refractivity contribution in [2.75, 3.05) is 13.7 Å². The summed E-state index contributed by atoms with van der Waals surface area (Å²) in [5.74, 6) is -0.291. The van der Waals surface area contributed by atoms with E-state index in [0.717, 1.165) is 11.1 Å². The number of hydrogen-bond donors (Lipinski definition) is 0. The average molecular weight is 378 g/mol. The standard InChI is InChI=1S/C22H22N2O4/c1-15(17-10-6-4-7-11-17)24(3)19(25)14-27-22(26)20-16(2)28-21(23-20)18-12-8-5-9-13-18/h4-13,15H,14H2,1-3H3/t15-/m0/s1. The SMILES string of the molecule is Cc1oc(-c2ccccc2)nc1C(=O)OCC(=O)N(C)[C@@H](C)c1ccccc1. The number of aryl methyl sites for hydroxylation is 1. The summed E-state index contributed by atoms with van der Waals surface area (Å²) >= 11 is 0. The largest absolute Gasteiger partial charge is 0.451 e. The van der Waals surface area contributed by atoms with Crippen molar-refractivity contribution in [2.24, 2.45) is 0 Å². The zero-order chi connectivity index (χ0) is 20.1. The molecule has 0 bridgehead atoms. The van der Waals surface area contributed by atoms with Crippen LogP contribution >= 0.6 is 0 Å². The first-order valence-corrected chi connectivity index (χ1v) is 8.98. The highest BCUT2D eigenvalue weighted by Crippen LogP contribution is 2.22. The lowest BCUT2D eigenvalue weighted by Crippen LogP contribution is -2.33. The van der Waals surface area contributed by atoms with Crippen LogP contribution < -0.4 is 0 Å². The van der Waals surface area contributed by atoms with E-state index in [9.17, 15) is 9.59 Å². The summed E-state index contributed by atoms with van der Waals surface area (Å²) in [5.41, 5.74) is 1.84. The van der Waals surface area contributed by atoms with Crippen molar-refractivity contribution >= 4 is 11.9 Å². The summed E-state index contributed by atoms with van der Waals surface area (Å²) in [6.07, 6.45) is 0. The number of likely N-dealkylation sites (N-methyl/N-ethyl adjacent to an activating group) is 1. The summed E-state index contributed by atoms with van der Waals surface area (Å²) in [6.45, 7) is 3.20. The van der Waals surface area contributed by atoms with E-state index in [0.29, 0.717) is 11.7 Å². The molecule has 0 aliphatic rings. The smallest absolute Gasteiger partial charge is 0.361 e. The molecule has 3 aromatic rings. The van der Waals surface area contributed by atoms with Gasteiger partial charge in [-0.2, -0.15) is 0 Å². The van der Waals surface area contributed by atoms with Gasteiger partial charge >= 0.3 is 5.97 Å². The van der Waals surface area contributed by atoms with Gasteiger partial charge in [0.05, 0.1) is 6.04 Å². The second-order valence-electron chi connectivity index (χ2n) is 6.46. The number of carbonyl (C=O) groups excluding carboxylic acids is 2. The number of amides is 1. The molecule has 1 aromatic heterocycles. The van der Waals surface area contributed by atoms with Gasteiger partial charge < -0.3 is 14.1 Å². The molecule has 6 nitrogen and oxygen atoms in total. The molecule has 0 radical (unpaired) electrons. The molecule has 2 aromatic carbocycles. The third-order valence-corrected chi connectivity index (χ3v) is 4.59. The molecule has 0 N–H and O–H groups in total. The molecule has 28 heavy (non-hydrogen) atoms. The zero-order valence-corrected chi connectivity index (χ0v) is 16.1. The number of esters is 1. The quantitative estimate of drug-likeness (QED) is 0.606. The van der Waals surface area contributed by atoms with E-state index < -0.39 is 5.97 Å². The number of nitrogens with zero attached hydrogens (tertiary/aromatic N) is 2. The maximum atomic E-state index is 12.4. The highest BCUT2D eigenvalue weighted by atomic mass is 16.5. The van der Waals surface area contributed by atoms with Crippen LogP contribution in [0.1, 0.15) is 34.8 Å². The molecule has 1 heterocycles. The molecule has 0 unspecified atom stereocenters. The fourth-order valence-electron chi connectivity index (χ4n) is 2.76. The average Bonchev–Trinajstić information content (AvgIpc) is 3.13. The zero-order valence-electron chi connectivity index (χ0n) is 16.1. The van der Waals surface area contributed by atoms with Gasteiger partial charge in [-0.15, -0.1) is 0 Å². The van der Waals surface area contributed by atoms with Gasteiger partial charge in [0, 0.05) is 12.6 Å². The lowest BCUT2D eigenvalue weighted by molar-refractivity contribution is -0.135. The van der Waals surface area contributed by atoms with E-state index in [1.807, 2.05) is 67.6 Å². The molecule has 1 atom stereocenters. The number of rotatable bonds is 6. The number of benzene rings is 2. The molecule has 0 aliphatic heterocycles. The first-order valence-electron chi connectivity index (χ1n) is 8.98. The molecule has 0 spiro atoms. The molecule has 3 rings (SSSR count). The molecule has 0 fully saturated rings. The highest BCUT2D eigenvalue weighted by molar-refractivity contribution is 5.91. The Hall–Kier alpha value is -3.41. The summed E-state index contributed by atoms with van der Waals surface area (Å²) in [6, 6.07) is 18.8. The Balaban J connectivity index is 1.62. The van der Waals surface area contributed by atoms with Crippen LogP contribution in [0.5, 0.6) is 0 Å². The Morgan fingerprint density at radius 2 is 1.68 bits per heavy atom. The Morgan fingerprint density at radius 1 is 1.07 bits per heavy atom. The van der Waals surface area contributed by atoms with E-state index in [2.05, 4.69) is 4.98 Å². The third-order valence-electron chi connectivity index (χ3n) is 4.59. The maximum absolute atomic E-state index is 12.4. The van der Waals surface area contributed by atoms with Crippen molar-refractivity contribution < 1.29 is 18.7 Å². The van der Waals surface area contributed by atoms with Crippen molar-refractivity contribution in [1.29, 1.82) is 0 Å². The van der Waals surface area contributed by atoms with Gasteiger partial charge in [0.15, 0.2) is 12.3 Å². The van der Waals surface area contributed by atoms with Gasteiger partial charge in [-0.3, -0.25) is 4.79 Å². The van der Waals surface area contributed by atoms with Crippen LogP contribution in [0, 0.1) is 6.92 Å². The molecular formula is C22H22N2O4. The number of aromatic nitrogens is 1. The lowest BCUT2D eigenvalue weighted by Gasteiger charge is -2.25. The minimum Gasteiger partial charge on any atom is -0.451 e. The number of ether oxygens (including phenoxy) is 1. The Morgan fingerprint density at radius 3 is 2.32 bits per heavy atom. The highest BCUT2D eigenvalue weighted by Gasteiger charge is 2.23. The van der Waals surface area contributed by atoms with Gasteiger partial charge in [-0.05, 0) is 31.5 Å². The first-order chi connectivity index (χ1) is 13.5. The molecule has 1 amide bonds. The van der Waals surface area contributed by atoms with Crippen LogP contribution in [-0.2, 0) is 9.53 Å².